The number of carbonyl (C=O) groups is 1. The first-order valence-corrected chi connectivity index (χ1v) is 5.70. The van der Waals surface area contributed by atoms with Crippen LogP contribution in [0.1, 0.15) is 18.4 Å². The minimum atomic E-state index is -0.480. The van der Waals surface area contributed by atoms with E-state index in [0.717, 1.165) is 12.8 Å². The lowest BCUT2D eigenvalue weighted by atomic mass is 10.2. The smallest absolute Gasteiger partial charge is 0.290 e. The number of rotatable bonds is 5. The summed E-state index contributed by atoms with van der Waals surface area (Å²) in [5.41, 5.74) is 0.489. The molecule has 0 aromatic carbocycles. The Bertz CT molecular complexity index is 485. The Balaban J connectivity index is 1.90. The summed E-state index contributed by atoms with van der Waals surface area (Å²) in [6.45, 7) is 1.76. The predicted octanol–water partition coefficient (Wildman–Crippen LogP) is 0.989. The van der Waals surface area contributed by atoms with Crippen molar-refractivity contribution < 1.29 is 9.72 Å². The Labute approximate surface area is 104 Å². The summed E-state index contributed by atoms with van der Waals surface area (Å²) >= 11 is 0. The molecule has 0 saturated heterocycles. The number of hydrogen-bond acceptors (Lipinski definition) is 5. The number of aryl methyl sites for hydroxylation is 1. The van der Waals surface area contributed by atoms with Crippen LogP contribution in [-0.4, -0.2) is 28.4 Å². The van der Waals surface area contributed by atoms with Crippen molar-refractivity contribution >= 4 is 17.4 Å². The molecule has 0 spiro atoms. The molecule has 18 heavy (non-hydrogen) atoms. The van der Waals surface area contributed by atoms with Crippen LogP contribution in [0.4, 0.5) is 11.5 Å². The van der Waals surface area contributed by atoms with Crippen LogP contribution in [0, 0.1) is 17.0 Å². The lowest BCUT2D eigenvalue weighted by Crippen LogP contribution is -2.31. The molecule has 1 aliphatic carbocycles. The van der Waals surface area contributed by atoms with E-state index in [1.807, 2.05) is 0 Å². The molecule has 1 aromatic heterocycles. The van der Waals surface area contributed by atoms with Crippen molar-refractivity contribution in [2.75, 3.05) is 11.9 Å². The Morgan fingerprint density at radius 1 is 1.61 bits per heavy atom. The normalized spacial score (nSPS) is 14.1. The summed E-state index contributed by atoms with van der Waals surface area (Å²) in [5, 5.41) is 16.3. The maximum Gasteiger partial charge on any atom is 0.290 e. The minimum Gasteiger partial charge on any atom is -0.361 e. The molecule has 2 N–H and O–H groups in total. The molecule has 1 aliphatic rings. The monoisotopic (exact) mass is 250 g/mol. The molecule has 0 unspecified atom stereocenters. The maximum absolute atomic E-state index is 11.4. The van der Waals surface area contributed by atoms with Gasteiger partial charge in [0.15, 0.2) is 0 Å². The molecule has 0 bridgehead atoms. The number of hydrogen-bond donors (Lipinski definition) is 2. The first kappa shape index (κ1) is 12.3. The van der Waals surface area contributed by atoms with E-state index in [1.165, 1.54) is 6.20 Å². The predicted molar refractivity (Wildman–Crippen MR) is 65.3 cm³/mol. The first-order valence-electron chi connectivity index (χ1n) is 5.70. The molecule has 1 aromatic rings. The fourth-order valence-corrected chi connectivity index (χ4v) is 1.51. The van der Waals surface area contributed by atoms with Crippen LogP contribution in [0.5, 0.6) is 0 Å². The zero-order valence-electron chi connectivity index (χ0n) is 9.97. The quantitative estimate of drug-likeness (QED) is 0.600. The number of pyridine rings is 1. The Morgan fingerprint density at radius 2 is 2.33 bits per heavy atom. The van der Waals surface area contributed by atoms with Crippen LogP contribution < -0.4 is 10.6 Å². The fraction of sp³-hybridized carbons (Fsp3) is 0.455. The van der Waals surface area contributed by atoms with Gasteiger partial charge in [0, 0.05) is 11.6 Å². The maximum atomic E-state index is 11.4. The van der Waals surface area contributed by atoms with Crippen molar-refractivity contribution in [3.63, 3.8) is 0 Å². The number of nitrogens with one attached hydrogen (secondary N) is 2. The van der Waals surface area contributed by atoms with Crippen molar-refractivity contribution in [2.24, 2.45) is 0 Å². The van der Waals surface area contributed by atoms with Crippen molar-refractivity contribution in [1.29, 1.82) is 0 Å². The van der Waals surface area contributed by atoms with E-state index in [9.17, 15) is 14.9 Å². The van der Waals surface area contributed by atoms with Crippen LogP contribution >= 0.6 is 0 Å². The van der Waals surface area contributed by atoms with Crippen molar-refractivity contribution in [1.82, 2.24) is 10.3 Å². The largest absolute Gasteiger partial charge is 0.361 e. The van der Waals surface area contributed by atoms with Gasteiger partial charge in [0.2, 0.25) is 5.91 Å². The molecular formula is C11H14N4O3. The van der Waals surface area contributed by atoms with Gasteiger partial charge in [-0.15, -0.1) is 0 Å². The summed E-state index contributed by atoms with van der Waals surface area (Å²) in [6.07, 6.45) is 3.28. The van der Waals surface area contributed by atoms with Gasteiger partial charge in [0.05, 0.1) is 11.5 Å². The molecule has 1 heterocycles. The van der Waals surface area contributed by atoms with Gasteiger partial charge in [0.1, 0.15) is 12.0 Å². The fourth-order valence-electron chi connectivity index (χ4n) is 1.51. The average molecular weight is 250 g/mol. The van der Waals surface area contributed by atoms with Gasteiger partial charge in [-0.3, -0.25) is 14.9 Å². The summed E-state index contributed by atoms with van der Waals surface area (Å²) in [6, 6.07) is 1.88. The molecular weight excluding hydrogens is 236 g/mol. The van der Waals surface area contributed by atoms with Gasteiger partial charge >= 0.3 is 0 Å². The van der Waals surface area contributed by atoms with Crippen molar-refractivity contribution in [3.05, 3.63) is 27.9 Å². The summed E-state index contributed by atoms with van der Waals surface area (Å²) in [7, 11) is 0. The van der Waals surface area contributed by atoms with Gasteiger partial charge in [-0.1, -0.05) is 0 Å². The molecule has 7 nitrogen and oxygen atoms in total. The third-order valence-corrected chi connectivity index (χ3v) is 2.65. The molecule has 96 valence electrons. The minimum absolute atomic E-state index is 0.0250. The SMILES string of the molecule is Cc1cc(NCC(=O)NC2CC2)ncc1[N+](=O)[O-]. The van der Waals surface area contributed by atoms with E-state index >= 15 is 0 Å². The van der Waals surface area contributed by atoms with E-state index in [-0.39, 0.29) is 18.1 Å². The molecule has 0 atom stereocenters. The van der Waals surface area contributed by atoms with E-state index in [4.69, 9.17) is 0 Å². The lowest BCUT2D eigenvalue weighted by molar-refractivity contribution is -0.385. The number of anilines is 1. The second kappa shape index (κ2) is 4.99. The summed E-state index contributed by atoms with van der Waals surface area (Å²) in [4.78, 5) is 25.4. The van der Waals surface area contributed by atoms with Crippen molar-refractivity contribution in [3.8, 4) is 0 Å². The summed E-state index contributed by atoms with van der Waals surface area (Å²) in [5.74, 6) is 0.374. The van der Waals surface area contributed by atoms with E-state index < -0.39 is 4.92 Å². The molecule has 7 heteroatoms. The Kier molecular flexibility index (Phi) is 3.40. The number of nitrogens with zero attached hydrogens (tertiary/aromatic N) is 2. The highest BCUT2D eigenvalue weighted by Crippen LogP contribution is 2.19. The molecule has 1 saturated carbocycles. The second-order valence-electron chi connectivity index (χ2n) is 4.31. The van der Waals surface area contributed by atoms with E-state index in [1.54, 1.807) is 13.0 Å². The Morgan fingerprint density at radius 3 is 2.89 bits per heavy atom. The molecule has 1 amide bonds. The zero-order valence-corrected chi connectivity index (χ0v) is 9.97. The number of nitro groups is 1. The molecule has 1 fully saturated rings. The average Bonchev–Trinajstić information content (AvgIpc) is 3.10. The third kappa shape index (κ3) is 3.16. The molecule has 0 radical (unpaired) electrons. The number of amides is 1. The van der Waals surface area contributed by atoms with Gasteiger partial charge in [-0.2, -0.15) is 0 Å². The highest BCUT2D eigenvalue weighted by Gasteiger charge is 2.22. The Hall–Kier alpha value is -2.18. The lowest BCUT2D eigenvalue weighted by Gasteiger charge is -2.06. The summed E-state index contributed by atoms with van der Waals surface area (Å²) < 4.78 is 0. The van der Waals surface area contributed by atoms with E-state index in [0.29, 0.717) is 17.4 Å². The van der Waals surface area contributed by atoms with Gasteiger partial charge in [-0.25, -0.2) is 4.98 Å². The number of aromatic nitrogens is 1. The topological polar surface area (TPSA) is 97.2 Å². The van der Waals surface area contributed by atoms with E-state index in [2.05, 4.69) is 15.6 Å². The van der Waals surface area contributed by atoms with Gasteiger partial charge in [0.25, 0.3) is 5.69 Å². The van der Waals surface area contributed by atoms with Crippen LogP contribution in [0.3, 0.4) is 0 Å². The highest BCUT2D eigenvalue weighted by molar-refractivity contribution is 5.81. The molecule has 0 aliphatic heterocycles. The molecule has 2 rings (SSSR count). The number of carbonyl (C=O) groups excluding carboxylic acids is 1. The van der Waals surface area contributed by atoms with Crippen LogP contribution in [0.25, 0.3) is 0 Å². The standard InChI is InChI=1S/C11H14N4O3/c1-7-4-10(12-5-9(7)15(17)18)13-6-11(16)14-8-2-3-8/h4-5,8H,2-3,6H2,1H3,(H,12,13)(H,14,16). The van der Waals surface area contributed by atoms with Crippen molar-refractivity contribution in [2.45, 2.75) is 25.8 Å². The highest BCUT2D eigenvalue weighted by atomic mass is 16.6. The van der Waals surface area contributed by atoms with Gasteiger partial charge in [-0.05, 0) is 25.8 Å². The third-order valence-electron chi connectivity index (χ3n) is 2.65. The van der Waals surface area contributed by atoms with Gasteiger partial charge < -0.3 is 10.6 Å². The zero-order chi connectivity index (χ0) is 13.1. The van der Waals surface area contributed by atoms with Crippen LogP contribution in [-0.2, 0) is 4.79 Å². The second-order valence-corrected chi connectivity index (χ2v) is 4.31. The first-order chi connectivity index (χ1) is 8.56. The van der Waals surface area contributed by atoms with Crippen LogP contribution in [0.2, 0.25) is 0 Å². The van der Waals surface area contributed by atoms with Crippen LogP contribution in [0.15, 0.2) is 12.3 Å².